The van der Waals surface area contributed by atoms with E-state index in [1.54, 1.807) is 19.0 Å². The van der Waals surface area contributed by atoms with Crippen LogP contribution in [0.4, 0.5) is 11.8 Å². The third kappa shape index (κ3) is 3.74. The molecule has 12 nitrogen and oxygen atoms in total. The summed E-state index contributed by atoms with van der Waals surface area (Å²) in [4.78, 5) is 32.0. The van der Waals surface area contributed by atoms with Gasteiger partial charge < -0.3 is 30.3 Å². The molecule has 1 saturated heterocycles. The van der Waals surface area contributed by atoms with Crippen LogP contribution < -0.4 is 10.6 Å². The standard InChI is InChI=1S/C14H19N6O6P/c1-4-7-10(21)8(5-25-27(22,23)24)26-13(7)20-6-16-9-11(19(2)3)17-14(15)18-12(9)20/h1,6-8,10,13,21H,5H2,2-3H3,(H2,15,17,18)(H2,22,23,24)/t7-,8?,10-,13+/m0/s1. The average Bonchev–Trinajstić information content (AvgIpc) is 3.11. The number of nitrogens with two attached hydrogens (primary N) is 1. The van der Waals surface area contributed by atoms with Crippen molar-refractivity contribution in [3.05, 3.63) is 6.33 Å². The quantitative estimate of drug-likeness (QED) is 0.363. The minimum Gasteiger partial charge on any atom is -0.389 e. The van der Waals surface area contributed by atoms with Gasteiger partial charge in [-0.05, 0) is 0 Å². The van der Waals surface area contributed by atoms with Crippen molar-refractivity contribution in [2.24, 2.45) is 5.92 Å². The van der Waals surface area contributed by atoms with Gasteiger partial charge in [0.15, 0.2) is 23.2 Å². The second-order valence-corrected chi connectivity index (χ2v) is 7.40. The topological polar surface area (TPSA) is 169 Å². The van der Waals surface area contributed by atoms with Crippen molar-refractivity contribution < 1.29 is 28.7 Å². The Morgan fingerprint density at radius 2 is 2.19 bits per heavy atom. The highest BCUT2D eigenvalue weighted by atomic mass is 31.2. The van der Waals surface area contributed by atoms with E-state index in [1.165, 1.54) is 10.9 Å². The third-order valence-electron chi connectivity index (χ3n) is 4.09. The fourth-order valence-corrected chi connectivity index (χ4v) is 3.23. The molecular formula is C14H19N6O6P. The van der Waals surface area contributed by atoms with Gasteiger partial charge in [-0.25, -0.2) is 9.55 Å². The van der Waals surface area contributed by atoms with Gasteiger partial charge in [0.1, 0.15) is 12.2 Å². The molecule has 2 aromatic heterocycles. The minimum atomic E-state index is -4.72. The van der Waals surface area contributed by atoms with Crippen LogP contribution in [0.2, 0.25) is 0 Å². The number of aliphatic hydroxyl groups excluding tert-OH is 1. The molecule has 27 heavy (non-hydrogen) atoms. The van der Waals surface area contributed by atoms with Crippen LogP contribution >= 0.6 is 7.82 Å². The number of anilines is 2. The Labute approximate surface area is 154 Å². The monoisotopic (exact) mass is 398 g/mol. The Morgan fingerprint density at radius 3 is 2.78 bits per heavy atom. The lowest BCUT2D eigenvalue weighted by atomic mass is 10.0. The van der Waals surface area contributed by atoms with Gasteiger partial charge in [0.25, 0.3) is 0 Å². The predicted molar refractivity (Wildman–Crippen MR) is 94.3 cm³/mol. The summed E-state index contributed by atoms with van der Waals surface area (Å²) in [7, 11) is -1.17. The summed E-state index contributed by atoms with van der Waals surface area (Å²) in [5, 5.41) is 10.4. The maximum Gasteiger partial charge on any atom is 0.469 e. The molecule has 0 amide bonds. The van der Waals surface area contributed by atoms with E-state index in [1.807, 2.05) is 0 Å². The molecule has 0 aliphatic carbocycles. The fourth-order valence-electron chi connectivity index (χ4n) is 2.89. The number of hydrogen-bond donors (Lipinski definition) is 4. The van der Waals surface area contributed by atoms with Crippen molar-refractivity contribution >= 4 is 30.8 Å². The van der Waals surface area contributed by atoms with Crippen LogP contribution in [0.3, 0.4) is 0 Å². The number of aliphatic hydroxyl groups is 1. The molecule has 4 atom stereocenters. The number of terminal acetylenes is 1. The SMILES string of the molecule is C#C[C@H]1[C@H](O)C(COP(=O)(O)O)O[C@H]1n1cnc2c(N(C)C)nc(N)nc21. The van der Waals surface area contributed by atoms with E-state index < -0.39 is 38.8 Å². The molecule has 3 heterocycles. The minimum absolute atomic E-state index is 0.0186. The number of phosphoric ester groups is 1. The highest BCUT2D eigenvalue weighted by Crippen LogP contribution is 2.41. The van der Waals surface area contributed by atoms with E-state index in [0.29, 0.717) is 17.0 Å². The molecule has 0 saturated carbocycles. The second-order valence-electron chi connectivity index (χ2n) is 6.16. The predicted octanol–water partition coefficient (Wildman–Crippen LogP) is -0.909. The van der Waals surface area contributed by atoms with Crippen LogP contribution in [0.5, 0.6) is 0 Å². The van der Waals surface area contributed by atoms with E-state index in [9.17, 15) is 9.67 Å². The van der Waals surface area contributed by atoms with E-state index in [0.717, 1.165) is 0 Å². The van der Waals surface area contributed by atoms with Crippen molar-refractivity contribution in [2.75, 3.05) is 31.3 Å². The van der Waals surface area contributed by atoms with Gasteiger partial charge in [-0.1, -0.05) is 5.92 Å². The molecule has 0 bridgehead atoms. The number of nitrogen functional groups attached to an aromatic ring is 1. The van der Waals surface area contributed by atoms with Gasteiger partial charge in [-0.3, -0.25) is 9.09 Å². The maximum absolute atomic E-state index is 10.9. The van der Waals surface area contributed by atoms with E-state index in [4.69, 9.17) is 26.7 Å². The lowest BCUT2D eigenvalue weighted by molar-refractivity contribution is -0.0433. The first-order chi connectivity index (χ1) is 12.6. The van der Waals surface area contributed by atoms with Crippen LogP contribution in [0.25, 0.3) is 11.2 Å². The molecule has 1 unspecified atom stereocenters. The first-order valence-corrected chi connectivity index (χ1v) is 9.32. The molecule has 0 radical (unpaired) electrons. The molecule has 3 rings (SSSR count). The number of hydrogen-bond acceptors (Lipinski definition) is 9. The Bertz CT molecular complexity index is 936. The molecule has 146 valence electrons. The molecule has 1 aliphatic rings. The summed E-state index contributed by atoms with van der Waals surface area (Å²) >= 11 is 0. The van der Waals surface area contributed by atoms with Gasteiger partial charge in [-0.2, -0.15) is 9.97 Å². The van der Waals surface area contributed by atoms with Crippen molar-refractivity contribution in [2.45, 2.75) is 18.4 Å². The zero-order chi connectivity index (χ0) is 19.9. The number of fused-ring (bicyclic) bond motifs is 1. The summed E-state index contributed by atoms with van der Waals surface area (Å²) in [6.45, 7) is -0.535. The van der Waals surface area contributed by atoms with Gasteiger partial charge in [-0.15, -0.1) is 6.42 Å². The zero-order valence-corrected chi connectivity index (χ0v) is 15.4. The number of phosphoric acid groups is 1. The Morgan fingerprint density at radius 1 is 1.48 bits per heavy atom. The van der Waals surface area contributed by atoms with Gasteiger partial charge in [0, 0.05) is 14.1 Å². The largest absolute Gasteiger partial charge is 0.469 e. The Kier molecular flexibility index (Phi) is 5.09. The van der Waals surface area contributed by atoms with Crippen LogP contribution in [0.1, 0.15) is 6.23 Å². The normalized spacial score (nSPS) is 25.6. The number of ether oxygens (including phenoxy) is 1. The second kappa shape index (κ2) is 7.05. The highest BCUT2D eigenvalue weighted by molar-refractivity contribution is 7.46. The molecule has 5 N–H and O–H groups in total. The first kappa shape index (κ1) is 19.5. The maximum atomic E-state index is 10.9. The summed E-state index contributed by atoms with van der Waals surface area (Å²) in [6.07, 6.45) is 3.82. The number of imidazole rings is 1. The van der Waals surface area contributed by atoms with Crippen molar-refractivity contribution in [1.82, 2.24) is 19.5 Å². The third-order valence-corrected chi connectivity index (χ3v) is 4.57. The van der Waals surface area contributed by atoms with Crippen LogP contribution in [-0.2, 0) is 13.8 Å². The van der Waals surface area contributed by atoms with E-state index in [-0.39, 0.29) is 5.95 Å². The summed E-state index contributed by atoms with van der Waals surface area (Å²) in [5.41, 5.74) is 6.58. The average molecular weight is 398 g/mol. The van der Waals surface area contributed by atoms with E-state index in [2.05, 4.69) is 25.4 Å². The van der Waals surface area contributed by atoms with Crippen LogP contribution in [-0.4, -0.2) is 67.3 Å². The number of rotatable bonds is 5. The molecule has 2 aromatic rings. The Balaban J connectivity index is 1.98. The summed E-state index contributed by atoms with van der Waals surface area (Å²) in [5.74, 6) is 2.12. The highest BCUT2D eigenvalue weighted by Gasteiger charge is 2.45. The number of aromatic nitrogens is 4. The van der Waals surface area contributed by atoms with Crippen molar-refractivity contribution in [1.29, 1.82) is 0 Å². The first-order valence-electron chi connectivity index (χ1n) is 7.79. The lowest BCUT2D eigenvalue weighted by Gasteiger charge is -2.18. The smallest absolute Gasteiger partial charge is 0.389 e. The van der Waals surface area contributed by atoms with Crippen molar-refractivity contribution in [3.8, 4) is 12.3 Å². The van der Waals surface area contributed by atoms with Gasteiger partial charge in [0.05, 0.1) is 18.9 Å². The van der Waals surface area contributed by atoms with Gasteiger partial charge >= 0.3 is 7.82 Å². The lowest BCUT2D eigenvalue weighted by Crippen LogP contribution is -2.29. The van der Waals surface area contributed by atoms with Gasteiger partial charge in [0.2, 0.25) is 5.95 Å². The van der Waals surface area contributed by atoms with Crippen LogP contribution in [0.15, 0.2) is 6.33 Å². The molecule has 13 heteroatoms. The number of nitrogens with zero attached hydrogens (tertiary/aromatic N) is 5. The molecule has 1 fully saturated rings. The molecule has 1 aliphatic heterocycles. The van der Waals surface area contributed by atoms with Crippen LogP contribution in [0, 0.1) is 18.3 Å². The Hall–Kier alpha value is -2.26. The summed E-state index contributed by atoms with van der Waals surface area (Å²) < 4.78 is 22.6. The zero-order valence-electron chi connectivity index (χ0n) is 14.5. The molecular weight excluding hydrogens is 379 g/mol. The van der Waals surface area contributed by atoms with E-state index >= 15 is 0 Å². The van der Waals surface area contributed by atoms with Crippen molar-refractivity contribution in [3.63, 3.8) is 0 Å². The fraction of sp³-hybridized carbons (Fsp3) is 0.500. The summed E-state index contributed by atoms with van der Waals surface area (Å²) in [6, 6.07) is 0. The molecule has 0 spiro atoms. The molecule has 0 aromatic carbocycles.